The van der Waals surface area contributed by atoms with Crippen LogP contribution in [0.5, 0.6) is 0 Å². The minimum absolute atomic E-state index is 0.173. The fourth-order valence-electron chi connectivity index (χ4n) is 1.02. The maximum Gasteiger partial charge on any atom is 0.355 e. The van der Waals surface area contributed by atoms with E-state index in [4.69, 9.17) is 5.11 Å². The number of hydrogen-bond acceptors (Lipinski definition) is 4. The molecule has 6 heteroatoms. The number of fused-ring (bicyclic) bond motifs is 1. The van der Waals surface area contributed by atoms with Gasteiger partial charge in [-0.15, -0.1) is 16.4 Å². The van der Waals surface area contributed by atoms with Crippen LogP contribution in [0.15, 0.2) is 5.38 Å². The quantitative estimate of drug-likeness (QED) is 0.781. The predicted molar refractivity (Wildman–Crippen MR) is 47.2 cm³/mol. The minimum atomic E-state index is -0.973. The zero-order valence-electron chi connectivity index (χ0n) is 6.89. The molecule has 0 saturated heterocycles. The first-order valence-corrected chi connectivity index (χ1v) is 4.66. The first-order chi connectivity index (χ1) is 6.22. The molecule has 2 rings (SSSR count). The molecule has 0 saturated carbocycles. The molecule has 0 atom stereocenters. The highest BCUT2D eigenvalue weighted by atomic mass is 32.1. The highest BCUT2D eigenvalue weighted by molar-refractivity contribution is 7.15. The van der Waals surface area contributed by atoms with Crippen LogP contribution < -0.4 is 0 Å². The van der Waals surface area contributed by atoms with Crippen LogP contribution in [-0.4, -0.2) is 25.7 Å². The van der Waals surface area contributed by atoms with E-state index in [9.17, 15) is 4.79 Å². The number of aromatic carboxylic acids is 1. The van der Waals surface area contributed by atoms with Gasteiger partial charge in [0.15, 0.2) is 11.5 Å². The van der Waals surface area contributed by atoms with Gasteiger partial charge in [-0.05, 0) is 0 Å². The molecule has 5 nitrogen and oxygen atoms in total. The Morgan fingerprint density at radius 2 is 2.54 bits per heavy atom. The van der Waals surface area contributed by atoms with E-state index in [0.29, 0.717) is 17.2 Å². The van der Waals surface area contributed by atoms with E-state index in [1.54, 1.807) is 0 Å². The standard InChI is InChI=1S/C7H7N3O2S/c1-2-5-8-7-10(9-5)4(3-13-7)6(11)12/h3H,2H2,1H3,(H,11,12). The monoisotopic (exact) mass is 197 g/mol. The van der Waals surface area contributed by atoms with Crippen LogP contribution in [0, 0.1) is 0 Å². The van der Waals surface area contributed by atoms with Gasteiger partial charge < -0.3 is 5.11 Å². The lowest BCUT2D eigenvalue weighted by Crippen LogP contribution is -2.02. The molecular weight excluding hydrogens is 190 g/mol. The van der Waals surface area contributed by atoms with Gasteiger partial charge in [-0.3, -0.25) is 0 Å². The molecule has 0 aliphatic rings. The van der Waals surface area contributed by atoms with Gasteiger partial charge in [0.2, 0.25) is 4.96 Å². The summed E-state index contributed by atoms with van der Waals surface area (Å²) >= 11 is 1.29. The SMILES string of the molecule is CCc1nc2scc(C(=O)O)n2n1. The average molecular weight is 197 g/mol. The van der Waals surface area contributed by atoms with Crippen molar-refractivity contribution in [2.75, 3.05) is 0 Å². The second-order valence-electron chi connectivity index (χ2n) is 2.50. The fraction of sp³-hybridized carbons (Fsp3) is 0.286. The summed E-state index contributed by atoms with van der Waals surface area (Å²) in [5, 5.41) is 14.4. The number of carboxylic acid groups (broad SMARTS) is 1. The number of thiazole rings is 1. The van der Waals surface area contributed by atoms with E-state index in [0.717, 1.165) is 0 Å². The van der Waals surface area contributed by atoms with Gasteiger partial charge in [-0.25, -0.2) is 9.78 Å². The number of carboxylic acids is 1. The van der Waals surface area contributed by atoms with Crippen LogP contribution in [0.4, 0.5) is 0 Å². The van der Waals surface area contributed by atoms with Crippen molar-refractivity contribution in [2.45, 2.75) is 13.3 Å². The number of aryl methyl sites for hydroxylation is 1. The number of carbonyl (C=O) groups is 1. The van der Waals surface area contributed by atoms with E-state index in [-0.39, 0.29) is 5.69 Å². The summed E-state index contributed by atoms with van der Waals surface area (Å²) in [6.07, 6.45) is 0.716. The van der Waals surface area contributed by atoms with Crippen molar-refractivity contribution in [3.8, 4) is 0 Å². The number of aromatic nitrogens is 3. The smallest absolute Gasteiger partial charge is 0.355 e. The van der Waals surface area contributed by atoms with Crippen LogP contribution in [0.1, 0.15) is 23.2 Å². The van der Waals surface area contributed by atoms with Crippen molar-refractivity contribution in [3.63, 3.8) is 0 Å². The Hall–Kier alpha value is -1.43. The highest BCUT2D eigenvalue weighted by Gasteiger charge is 2.13. The molecule has 0 aliphatic carbocycles. The van der Waals surface area contributed by atoms with Crippen LogP contribution in [-0.2, 0) is 6.42 Å². The molecule has 0 radical (unpaired) electrons. The molecule has 2 aromatic heterocycles. The lowest BCUT2D eigenvalue weighted by molar-refractivity contribution is 0.0688. The van der Waals surface area contributed by atoms with Crippen molar-refractivity contribution in [1.82, 2.24) is 14.6 Å². The Kier molecular flexibility index (Phi) is 1.77. The fourth-order valence-corrected chi connectivity index (χ4v) is 1.84. The van der Waals surface area contributed by atoms with Crippen molar-refractivity contribution < 1.29 is 9.90 Å². The second kappa shape index (κ2) is 2.81. The van der Waals surface area contributed by atoms with Crippen LogP contribution in [0.2, 0.25) is 0 Å². The predicted octanol–water partition coefficient (Wildman–Crippen LogP) is 1.05. The van der Waals surface area contributed by atoms with Gasteiger partial charge in [-0.2, -0.15) is 4.52 Å². The zero-order chi connectivity index (χ0) is 9.42. The third-order valence-corrected chi connectivity index (χ3v) is 2.48. The normalized spacial score (nSPS) is 10.8. The molecule has 0 amide bonds. The van der Waals surface area contributed by atoms with E-state index in [1.807, 2.05) is 6.92 Å². The molecule has 2 aromatic rings. The number of rotatable bonds is 2. The zero-order valence-corrected chi connectivity index (χ0v) is 7.71. The lowest BCUT2D eigenvalue weighted by atomic mass is 10.5. The Balaban J connectivity index is 2.65. The van der Waals surface area contributed by atoms with Gasteiger partial charge in [0, 0.05) is 11.8 Å². The van der Waals surface area contributed by atoms with Crippen molar-refractivity contribution in [3.05, 3.63) is 16.9 Å². The third-order valence-electron chi connectivity index (χ3n) is 1.66. The van der Waals surface area contributed by atoms with Crippen molar-refractivity contribution in [2.24, 2.45) is 0 Å². The summed E-state index contributed by atoms with van der Waals surface area (Å²) in [7, 11) is 0. The molecule has 0 aliphatic heterocycles. The molecule has 13 heavy (non-hydrogen) atoms. The minimum Gasteiger partial charge on any atom is -0.476 e. The second-order valence-corrected chi connectivity index (χ2v) is 3.34. The first-order valence-electron chi connectivity index (χ1n) is 3.78. The Bertz CT molecular complexity index is 459. The molecular formula is C7H7N3O2S. The van der Waals surface area contributed by atoms with Crippen molar-refractivity contribution >= 4 is 22.3 Å². The van der Waals surface area contributed by atoms with E-state index < -0.39 is 5.97 Å². The van der Waals surface area contributed by atoms with Gasteiger partial charge in [0.25, 0.3) is 0 Å². The van der Waals surface area contributed by atoms with E-state index in [1.165, 1.54) is 21.2 Å². The topological polar surface area (TPSA) is 67.5 Å². The van der Waals surface area contributed by atoms with Crippen LogP contribution in [0.25, 0.3) is 4.96 Å². The molecule has 0 spiro atoms. The molecule has 0 aromatic carbocycles. The van der Waals surface area contributed by atoms with Gasteiger partial charge in [0.05, 0.1) is 0 Å². The molecule has 1 N–H and O–H groups in total. The van der Waals surface area contributed by atoms with Crippen LogP contribution in [0.3, 0.4) is 0 Å². The number of hydrogen-bond donors (Lipinski definition) is 1. The highest BCUT2D eigenvalue weighted by Crippen LogP contribution is 2.14. The summed E-state index contributed by atoms with van der Waals surface area (Å²) in [4.78, 5) is 15.5. The van der Waals surface area contributed by atoms with Gasteiger partial charge >= 0.3 is 5.97 Å². The summed E-state index contributed by atoms with van der Waals surface area (Å²) < 4.78 is 1.37. The van der Waals surface area contributed by atoms with E-state index in [2.05, 4.69) is 10.1 Å². The largest absolute Gasteiger partial charge is 0.476 e. The molecule has 68 valence electrons. The molecule has 0 unspecified atom stereocenters. The molecule has 0 fully saturated rings. The van der Waals surface area contributed by atoms with Crippen molar-refractivity contribution in [1.29, 1.82) is 0 Å². The average Bonchev–Trinajstić information content (AvgIpc) is 2.59. The molecule has 0 bridgehead atoms. The molecule has 2 heterocycles. The summed E-state index contributed by atoms with van der Waals surface area (Å²) in [5.41, 5.74) is 0.173. The maximum atomic E-state index is 10.7. The number of nitrogens with zero attached hydrogens (tertiary/aromatic N) is 3. The summed E-state index contributed by atoms with van der Waals surface area (Å²) in [6.45, 7) is 1.93. The Morgan fingerprint density at radius 3 is 3.15 bits per heavy atom. The van der Waals surface area contributed by atoms with E-state index >= 15 is 0 Å². The lowest BCUT2D eigenvalue weighted by Gasteiger charge is -1.87. The maximum absolute atomic E-state index is 10.7. The third kappa shape index (κ3) is 1.19. The van der Waals surface area contributed by atoms with Gasteiger partial charge in [0.1, 0.15) is 0 Å². The Labute approximate surface area is 77.6 Å². The summed E-state index contributed by atoms with van der Waals surface area (Å²) in [5.74, 6) is -0.298. The Morgan fingerprint density at radius 1 is 1.77 bits per heavy atom. The van der Waals surface area contributed by atoms with Crippen LogP contribution >= 0.6 is 11.3 Å². The van der Waals surface area contributed by atoms with Gasteiger partial charge in [-0.1, -0.05) is 6.92 Å². The summed E-state index contributed by atoms with van der Waals surface area (Å²) in [6, 6.07) is 0. The first kappa shape index (κ1) is 8.18.